The van der Waals surface area contributed by atoms with Gasteiger partial charge in [0.2, 0.25) is 0 Å². The van der Waals surface area contributed by atoms with Crippen molar-refractivity contribution in [3.63, 3.8) is 0 Å². The maximum absolute atomic E-state index is 14.8. The molecule has 2 aromatic rings. The van der Waals surface area contributed by atoms with Crippen LogP contribution in [0.3, 0.4) is 0 Å². The molecule has 0 unspecified atom stereocenters. The number of carbonyl (C=O) groups is 2. The molecule has 136 valence electrons. The predicted molar refractivity (Wildman–Crippen MR) is 88.1 cm³/mol. The van der Waals surface area contributed by atoms with Gasteiger partial charge < -0.3 is 4.74 Å². The molecule has 0 saturated heterocycles. The summed E-state index contributed by atoms with van der Waals surface area (Å²) in [6.07, 6.45) is 2.64. The van der Waals surface area contributed by atoms with Gasteiger partial charge in [0.1, 0.15) is 11.6 Å². The Kier molecular flexibility index (Phi) is 4.99. The number of rotatable bonds is 4. The monoisotopic (exact) mass is 380 g/mol. The normalized spacial score (nSPS) is 14.3. The van der Waals surface area contributed by atoms with Crippen molar-refractivity contribution in [2.24, 2.45) is 7.05 Å². The quantitative estimate of drug-likeness (QED) is 0.748. The number of nitrogens with zero attached hydrogens (tertiary/aromatic N) is 4. The largest absolute Gasteiger partial charge is 0.427 e. The smallest absolute Gasteiger partial charge is 0.363 e. The Morgan fingerprint density at radius 3 is 2.73 bits per heavy atom. The summed E-state index contributed by atoms with van der Waals surface area (Å²) in [5, 5.41) is 7.16. The fourth-order valence-electron chi connectivity index (χ4n) is 2.52. The number of tetrazole rings is 1. The number of aromatic nitrogens is 4. The maximum Gasteiger partial charge on any atom is 0.363 e. The lowest BCUT2D eigenvalue weighted by Gasteiger charge is -2.13. The molecule has 10 heteroatoms. The average Bonchev–Trinajstić information content (AvgIpc) is 2.90. The predicted octanol–water partition coefficient (Wildman–Crippen LogP) is 1.61. The Morgan fingerprint density at radius 2 is 2.08 bits per heavy atom. The van der Waals surface area contributed by atoms with Crippen LogP contribution in [0, 0.1) is 5.82 Å². The van der Waals surface area contributed by atoms with Gasteiger partial charge in [0.15, 0.2) is 5.78 Å². The molecule has 1 aromatic carbocycles. The van der Waals surface area contributed by atoms with Gasteiger partial charge in [0.05, 0.1) is 12.1 Å². The van der Waals surface area contributed by atoms with E-state index in [2.05, 4.69) is 10.4 Å². The summed E-state index contributed by atoms with van der Waals surface area (Å²) in [5.74, 6) is -1.79. The van der Waals surface area contributed by atoms with Crippen molar-refractivity contribution in [2.75, 3.05) is 0 Å². The second-order valence-electron chi connectivity index (χ2n) is 5.75. The number of halogens is 2. The van der Waals surface area contributed by atoms with Crippen molar-refractivity contribution in [3.8, 4) is 0 Å². The number of ether oxygens (including phenoxy) is 1. The van der Waals surface area contributed by atoms with Gasteiger partial charge >= 0.3 is 11.7 Å². The molecule has 0 amide bonds. The highest BCUT2D eigenvalue weighted by Gasteiger charge is 2.22. The lowest BCUT2D eigenvalue weighted by Crippen LogP contribution is -2.24. The minimum atomic E-state index is -0.937. The van der Waals surface area contributed by atoms with Crippen LogP contribution in [0.5, 0.6) is 0 Å². The van der Waals surface area contributed by atoms with E-state index < -0.39 is 17.5 Å². The molecule has 0 spiro atoms. The first kappa shape index (κ1) is 18.0. The maximum atomic E-state index is 14.8. The fraction of sp³-hybridized carbons (Fsp3) is 0.312. The highest BCUT2D eigenvalue weighted by atomic mass is 35.5. The molecule has 0 radical (unpaired) electrons. The molecule has 26 heavy (non-hydrogen) atoms. The second-order valence-corrected chi connectivity index (χ2v) is 6.16. The van der Waals surface area contributed by atoms with Crippen molar-refractivity contribution in [1.29, 1.82) is 0 Å². The Hall–Kier alpha value is -2.81. The van der Waals surface area contributed by atoms with Crippen LogP contribution in [0.1, 0.15) is 35.2 Å². The highest BCUT2D eigenvalue weighted by Crippen LogP contribution is 2.25. The highest BCUT2D eigenvalue weighted by molar-refractivity contribution is 6.31. The number of allylic oxidation sites excluding steroid dienone is 2. The molecule has 3 rings (SSSR count). The first-order valence-electron chi connectivity index (χ1n) is 7.76. The molecule has 8 nitrogen and oxygen atoms in total. The molecule has 0 atom stereocenters. The van der Waals surface area contributed by atoms with Crippen LogP contribution in [0.2, 0.25) is 5.02 Å². The van der Waals surface area contributed by atoms with Gasteiger partial charge in [0, 0.05) is 36.6 Å². The zero-order chi connectivity index (χ0) is 18.8. The minimum absolute atomic E-state index is 0.0312. The Balaban J connectivity index is 1.89. The van der Waals surface area contributed by atoms with Gasteiger partial charge in [-0.2, -0.15) is 9.36 Å². The van der Waals surface area contributed by atoms with E-state index in [-0.39, 0.29) is 34.2 Å². The number of hydrogen-bond acceptors (Lipinski definition) is 6. The van der Waals surface area contributed by atoms with E-state index in [9.17, 15) is 18.8 Å². The number of aryl methyl sites for hydroxylation is 1. The van der Waals surface area contributed by atoms with Crippen molar-refractivity contribution in [2.45, 2.75) is 25.8 Å². The van der Waals surface area contributed by atoms with Crippen molar-refractivity contribution in [1.82, 2.24) is 19.8 Å². The van der Waals surface area contributed by atoms with Crippen LogP contribution in [0.25, 0.3) is 0 Å². The van der Waals surface area contributed by atoms with E-state index in [1.807, 2.05) is 0 Å². The van der Waals surface area contributed by atoms with Gasteiger partial charge in [-0.05, 0) is 29.0 Å². The summed E-state index contributed by atoms with van der Waals surface area (Å²) in [4.78, 5) is 35.5. The zero-order valence-electron chi connectivity index (χ0n) is 13.7. The van der Waals surface area contributed by atoms with Crippen LogP contribution >= 0.6 is 11.6 Å². The van der Waals surface area contributed by atoms with Crippen LogP contribution in [0.15, 0.2) is 28.8 Å². The topological polar surface area (TPSA) is 96.1 Å². The molecule has 0 bridgehead atoms. The SMILES string of the molecule is Cn1nnn(Cc2c(Cl)ccc(C(=O)OC3=CC(=O)CCC3)c2F)c1=O. The first-order chi connectivity index (χ1) is 12.4. The van der Waals surface area contributed by atoms with Crippen molar-refractivity contribution < 1.29 is 18.7 Å². The summed E-state index contributed by atoms with van der Waals surface area (Å²) >= 11 is 6.01. The summed E-state index contributed by atoms with van der Waals surface area (Å²) < 4.78 is 21.8. The van der Waals surface area contributed by atoms with Crippen LogP contribution in [-0.2, 0) is 23.1 Å². The first-order valence-corrected chi connectivity index (χ1v) is 8.14. The Morgan fingerprint density at radius 1 is 1.31 bits per heavy atom. The van der Waals surface area contributed by atoms with Gasteiger partial charge in [0.25, 0.3) is 0 Å². The van der Waals surface area contributed by atoms with E-state index in [1.54, 1.807) is 0 Å². The van der Waals surface area contributed by atoms with E-state index in [0.29, 0.717) is 19.3 Å². The fourth-order valence-corrected chi connectivity index (χ4v) is 2.72. The lowest BCUT2D eigenvalue weighted by atomic mass is 10.1. The molecule has 0 aliphatic heterocycles. The Labute approximate surface area is 151 Å². The lowest BCUT2D eigenvalue weighted by molar-refractivity contribution is -0.115. The zero-order valence-corrected chi connectivity index (χ0v) is 14.5. The van der Waals surface area contributed by atoms with Crippen LogP contribution in [0.4, 0.5) is 4.39 Å². The van der Waals surface area contributed by atoms with E-state index in [1.165, 1.54) is 25.3 Å². The number of ketones is 1. The van der Waals surface area contributed by atoms with Gasteiger partial charge in [-0.25, -0.2) is 14.0 Å². The van der Waals surface area contributed by atoms with E-state index in [0.717, 1.165) is 9.36 Å². The third kappa shape index (κ3) is 3.57. The molecule has 1 aliphatic carbocycles. The van der Waals surface area contributed by atoms with Crippen molar-refractivity contribution >= 4 is 23.4 Å². The minimum Gasteiger partial charge on any atom is -0.427 e. The number of esters is 1. The molecule has 1 aliphatic rings. The standard InChI is InChI=1S/C16H14ClFN4O4/c1-21-16(25)22(20-19-21)8-12-13(17)6-5-11(14(12)18)15(24)26-10-4-2-3-9(23)7-10/h5-7H,2-4,8H2,1H3. The third-order valence-corrected chi connectivity index (χ3v) is 4.24. The number of carbonyl (C=O) groups excluding carboxylic acids is 2. The molecular weight excluding hydrogens is 367 g/mol. The molecule has 0 saturated carbocycles. The molecule has 0 fully saturated rings. The van der Waals surface area contributed by atoms with Gasteiger partial charge in [-0.3, -0.25) is 4.79 Å². The summed E-state index contributed by atoms with van der Waals surface area (Å²) in [7, 11) is 1.40. The Bertz CT molecular complexity index is 979. The van der Waals surface area contributed by atoms with E-state index in [4.69, 9.17) is 16.3 Å². The van der Waals surface area contributed by atoms with Crippen molar-refractivity contribution in [3.05, 3.63) is 56.4 Å². The molecule has 1 heterocycles. The second kappa shape index (κ2) is 7.20. The summed E-state index contributed by atoms with van der Waals surface area (Å²) in [6.45, 7) is -0.292. The summed E-state index contributed by atoms with van der Waals surface area (Å²) in [6, 6.07) is 2.52. The van der Waals surface area contributed by atoms with Crippen LogP contribution < -0.4 is 5.69 Å². The van der Waals surface area contributed by atoms with Gasteiger partial charge in [-0.1, -0.05) is 11.6 Å². The molecule has 0 N–H and O–H groups in total. The third-order valence-electron chi connectivity index (χ3n) is 3.89. The number of hydrogen-bond donors (Lipinski definition) is 0. The summed E-state index contributed by atoms with van der Waals surface area (Å²) in [5.41, 5.74) is -0.989. The molecule has 1 aromatic heterocycles. The molecular formula is C16H14ClFN4O4. The number of benzene rings is 1. The average molecular weight is 381 g/mol. The van der Waals surface area contributed by atoms with Crippen LogP contribution in [-0.4, -0.2) is 31.5 Å². The van der Waals surface area contributed by atoms with E-state index >= 15 is 0 Å². The van der Waals surface area contributed by atoms with Gasteiger partial charge in [-0.15, -0.1) is 0 Å².